The van der Waals surface area contributed by atoms with E-state index in [0.29, 0.717) is 0 Å². The first kappa shape index (κ1) is 16.8. The molecule has 2 rings (SSSR count). The lowest BCUT2D eigenvalue weighted by molar-refractivity contribution is -0.139. The Hall–Kier alpha value is -1.55. The van der Waals surface area contributed by atoms with Crippen LogP contribution in [0.5, 0.6) is 5.75 Å². The zero-order chi connectivity index (χ0) is 15.9. The summed E-state index contributed by atoms with van der Waals surface area (Å²) >= 11 is 0. The van der Waals surface area contributed by atoms with Gasteiger partial charge in [0.1, 0.15) is 12.4 Å². The van der Waals surface area contributed by atoms with Crippen LogP contribution in [0.25, 0.3) is 0 Å². The van der Waals surface area contributed by atoms with Crippen LogP contribution in [0.3, 0.4) is 0 Å². The second kappa shape index (κ2) is 8.18. The number of methoxy groups -OCH3 is 1. The van der Waals surface area contributed by atoms with E-state index in [9.17, 15) is 4.79 Å². The molecule has 1 amide bonds. The van der Waals surface area contributed by atoms with Crippen LogP contribution < -0.4 is 4.74 Å². The van der Waals surface area contributed by atoms with E-state index in [1.807, 2.05) is 38.2 Å². The van der Waals surface area contributed by atoms with E-state index in [4.69, 9.17) is 9.47 Å². The molecule has 1 aromatic carbocycles. The minimum atomic E-state index is -0.0430. The van der Waals surface area contributed by atoms with Gasteiger partial charge in [-0.1, -0.05) is 37.5 Å². The van der Waals surface area contributed by atoms with E-state index < -0.39 is 0 Å². The summed E-state index contributed by atoms with van der Waals surface area (Å²) in [5, 5.41) is 0. The Morgan fingerprint density at radius 2 is 1.95 bits per heavy atom. The van der Waals surface area contributed by atoms with Gasteiger partial charge in [0.25, 0.3) is 0 Å². The number of rotatable bonds is 6. The highest BCUT2D eigenvalue weighted by Gasteiger charge is 2.22. The Balaban J connectivity index is 1.91. The number of para-hydroxylation sites is 1. The van der Waals surface area contributed by atoms with Crippen LogP contribution in [0.2, 0.25) is 0 Å². The van der Waals surface area contributed by atoms with E-state index in [0.717, 1.165) is 24.2 Å². The van der Waals surface area contributed by atoms with Gasteiger partial charge in [0, 0.05) is 12.6 Å². The average Bonchev–Trinajstić information content (AvgIpc) is 2.59. The van der Waals surface area contributed by atoms with Crippen LogP contribution in [0, 0.1) is 0 Å². The van der Waals surface area contributed by atoms with Crippen molar-refractivity contribution in [3.63, 3.8) is 0 Å². The molecule has 1 fully saturated rings. The molecule has 4 heteroatoms. The van der Waals surface area contributed by atoms with Gasteiger partial charge in [-0.2, -0.15) is 0 Å². The molecule has 22 heavy (non-hydrogen) atoms. The third-order valence-corrected chi connectivity index (χ3v) is 4.56. The normalized spacial score (nSPS) is 17.0. The molecule has 1 unspecified atom stereocenters. The van der Waals surface area contributed by atoms with Crippen molar-refractivity contribution >= 4 is 5.91 Å². The van der Waals surface area contributed by atoms with Crippen molar-refractivity contribution in [2.24, 2.45) is 0 Å². The Bertz CT molecular complexity index is 483. The van der Waals surface area contributed by atoms with Crippen molar-refractivity contribution in [2.45, 2.75) is 51.2 Å². The number of amides is 1. The number of nitrogens with zero attached hydrogens (tertiary/aromatic N) is 1. The monoisotopic (exact) mass is 305 g/mol. The van der Waals surface area contributed by atoms with Crippen molar-refractivity contribution in [3.05, 3.63) is 29.8 Å². The van der Waals surface area contributed by atoms with Gasteiger partial charge in [-0.15, -0.1) is 0 Å². The molecule has 1 aromatic rings. The molecular formula is C18H27NO3. The van der Waals surface area contributed by atoms with Crippen molar-refractivity contribution in [3.8, 4) is 5.75 Å². The van der Waals surface area contributed by atoms with Gasteiger partial charge in [-0.25, -0.2) is 0 Å². The molecule has 122 valence electrons. The van der Waals surface area contributed by atoms with Crippen molar-refractivity contribution < 1.29 is 14.3 Å². The molecule has 0 aromatic heterocycles. The van der Waals surface area contributed by atoms with Crippen molar-refractivity contribution in [2.75, 3.05) is 20.8 Å². The summed E-state index contributed by atoms with van der Waals surface area (Å²) in [5.41, 5.74) is 1.01. The van der Waals surface area contributed by atoms with Gasteiger partial charge in [0.15, 0.2) is 0 Å². The molecule has 1 atom stereocenters. The lowest BCUT2D eigenvalue weighted by Gasteiger charge is -2.28. The van der Waals surface area contributed by atoms with Crippen LogP contribution in [0.15, 0.2) is 24.3 Å². The maximum atomic E-state index is 12.4. The van der Waals surface area contributed by atoms with Gasteiger partial charge in [0.05, 0.1) is 19.3 Å². The van der Waals surface area contributed by atoms with Crippen LogP contribution in [0.1, 0.15) is 50.6 Å². The highest BCUT2D eigenvalue weighted by Crippen LogP contribution is 2.28. The molecule has 0 spiro atoms. The summed E-state index contributed by atoms with van der Waals surface area (Å²) in [5.74, 6) is 0.826. The fraction of sp³-hybridized carbons (Fsp3) is 0.611. The van der Waals surface area contributed by atoms with Crippen LogP contribution in [-0.2, 0) is 9.53 Å². The SMILES string of the molecule is COc1ccccc1C(C)N(C)C(=O)COC1CCCCC1. The minimum Gasteiger partial charge on any atom is -0.496 e. The molecule has 0 N–H and O–H groups in total. The average molecular weight is 305 g/mol. The molecule has 0 saturated heterocycles. The Labute approximate surface area is 133 Å². The Kier molecular flexibility index (Phi) is 6.25. The summed E-state index contributed by atoms with van der Waals surface area (Å²) in [4.78, 5) is 14.1. The summed E-state index contributed by atoms with van der Waals surface area (Å²) < 4.78 is 11.2. The smallest absolute Gasteiger partial charge is 0.248 e. The van der Waals surface area contributed by atoms with Crippen LogP contribution in [0.4, 0.5) is 0 Å². The van der Waals surface area contributed by atoms with Gasteiger partial charge in [-0.05, 0) is 25.8 Å². The van der Waals surface area contributed by atoms with Gasteiger partial charge < -0.3 is 14.4 Å². The number of ether oxygens (including phenoxy) is 2. The maximum absolute atomic E-state index is 12.4. The van der Waals surface area contributed by atoms with E-state index in [2.05, 4.69) is 0 Å². The maximum Gasteiger partial charge on any atom is 0.248 e. The zero-order valence-electron chi connectivity index (χ0n) is 13.9. The van der Waals surface area contributed by atoms with Crippen LogP contribution >= 0.6 is 0 Å². The Morgan fingerprint density at radius 1 is 1.27 bits per heavy atom. The molecular weight excluding hydrogens is 278 g/mol. The van der Waals surface area contributed by atoms with Gasteiger partial charge in [0.2, 0.25) is 5.91 Å². The summed E-state index contributed by atoms with van der Waals surface area (Å²) in [6.45, 7) is 2.18. The van der Waals surface area contributed by atoms with E-state index in [-0.39, 0.29) is 24.7 Å². The van der Waals surface area contributed by atoms with Crippen LogP contribution in [-0.4, -0.2) is 37.7 Å². The van der Waals surface area contributed by atoms with Crippen molar-refractivity contribution in [1.29, 1.82) is 0 Å². The number of hydrogen-bond acceptors (Lipinski definition) is 3. The van der Waals surface area contributed by atoms with Crippen molar-refractivity contribution in [1.82, 2.24) is 4.90 Å². The fourth-order valence-electron chi connectivity index (χ4n) is 2.96. The molecule has 0 radical (unpaired) electrons. The van der Waals surface area contributed by atoms with E-state index in [1.54, 1.807) is 12.0 Å². The molecule has 1 aliphatic rings. The molecule has 0 heterocycles. The quantitative estimate of drug-likeness (QED) is 0.806. The molecule has 4 nitrogen and oxygen atoms in total. The van der Waals surface area contributed by atoms with E-state index >= 15 is 0 Å². The predicted molar refractivity (Wildman–Crippen MR) is 87.0 cm³/mol. The first-order chi connectivity index (χ1) is 10.6. The molecule has 0 bridgehead atoms. The topological polar surface area (TPSA) is 38.8 Å². The number of benzene rings is 1. The first-order valence-electron chi connectivity index (χ1n) is 8.13. The molecule has 1 aliphatic carbocycles. The summed E-state index contributed by atoms with van der Waals surface area (Å²) in [6.07, 6.45) is 6.14. The van der Waals surface area contributed by atoms with Gasteiger partial charge >= 0.3 is 0 Å². The first-order valence-corrected chi connectivity index (χ1v) is 8.13. The highest BCUT2D eigenvalue weighted by molar-refractivity contribution is 5.77. The lowest BCUT2D eigenvalue weighted by Crippen LogP contribution is -2.34. The van der Waals surface area contributed by atoms with Gasteiger partial charge in [-0.3, -0.25) is 4.79 Å². The largest absolute Gasteiger partial charge is 0.496 e. The number of carbonyl (C=O) groups excluding carboxylic acids is 1. The minimum absolute atomic E-state index is 0.0176. The number of likely N-dealkylation sites (N-methyl/N-ethyl adjacent to an activating group) is 1. The molecule has 0 aliphatic heterocycles. The third-order valence-electron chi connectivity index (χ3n) is 4.56. The Morgan fingerprint density at radius 3 is 2.64 bits per heavy atom. The highest BCUT2D eigenvalue weighted by atomic mass is 16.5. The predicted octanol–water partition coefficient (Wildman–Crippen LogP) is 3.56. The zero-order valence-corrected chi connectivity index (χ0v) is 13.9. The second-order valence-corrected chi connectivity index (χ2v) is 5.99. The third kappa shape index (κ3) is 4.23. The standard InChI is InChI=1S/C18H27NO3/c1-14(16-11-7-8-12-17(16)21-3)19(2)18(20)13-22-15-9-5-4-6-10-15/h7-8,11-12,14-15H,4-6,9-10,13H2,1-3H3. The summed E-state index contributed by atoms with van der Waals surface area (Å²) in [6, 6.07) is 7.77. The molecule has 1 saturated carbocycles. The lowest BCUT2D eigenvalue weighted by atomic mass is 9.98. The second-order valence-electron chi connectivity index (χ2n) is 5.99. The number of carbonyl (C=O) groups is 1. The van der Waals surface area contributed by atoms with E-state index in [1.165, 1.54) is 19.3 Å². The fourth-order valence-corrected chi connectivity index (χ4v) is 2.96. The number of hydrogen-bond donors (Lipinski definition) is 0. The summed E-state index contributed by atoms with van der Waals surface area (Å²) in [7, 11) is 3.48.